The van der Waals surface area contributed by atoms with Crippen LogP contribution in [0, 0.1) is 10.1 Å². The molecule has 0 bridgehead atoms. The quantitative estimate of drug-likeness (QED) is 0.558. The van der Waals surface area contributed by atoms with Gasteiger partial charge in [-0.05, 0) is 29.8 Å². The van der Waals surface area contributed by atoms with Gasteiger partial charge in [0.05, 0.1) is 17.1 Å². The fourth-order valence-corrected chi connectivity index (χ4v) is 2.90. The molecule has 0 saturated carbocycles. The molecule has 3 rings (SSSR count). The lowest BCUT2D eigenvalue weighted by Crippen LogP contribution is -2.56. The van der Waals surface area contributed by atoms with E-state index in [0.29, 0.717) is 10.0 Å². The number of carbonyl (C=O) groups is 1. The number of carbonyl (C=O) groups excluding carboxylic acids is 1. The van der Waals surface area contributed by atoms with Gasteiger partial charge in [-0.15, -0.1) is 0 Å². The minimum atomic E-state index is -5.18. The predicted molar refractivity (Wildman–Crippen MR) is 95.6 cm³/mol. The normalized spacial score (nSPS) is 19.5. The number of nitro benzene ring substituents is 1. The molecule has 1 N–H and O–H groups in total. The van der Waals surface area contributed by atoms with Crippen LogP contribution in [0.4, 0.5) is 18.9 Å². The summed E-state index contributed by atoms with van der Waals surface area (Å²) in [5.41, 5.74) is -3.96. The first-order valence-corrected chi connectivity index (χ1v) is 8.54. The summed E-state index contributed by atoms with van der Waals surface area (Å²) in [6.07, 6.45) is -6.12. The smallest absolute Gasteiger partial charge is 0.362 e. The molecular weight excluding hydrogens is 447 g/mol. The van der Waals surface area contributed by atoms with Crippen LogP contribution >= 0.6 is 15.9 Å². The minimum absolute atomic E-state index is 0.0223. The molecule has 0 spiro atoms. The van der Waals surface area contributed by atoms with E-state index in [4.69, 9.17) is 0 Å². The van der Waals surface area contributed by atoms with Crippen LogP contribution in [0.3, 0.4) is 0 Å². The van der Waals surface area contributed by atoms with Crippen LogP contribution in [0.15, 0.2) is 58.1 Å². The third kappa shape index (κ3) is 3.50. The highest BCUT2D eigenvalue weighted by atomic mass is 79.9. The van der Waals surface area contributed by atoms with E-state index in [0.717, 1.165) is 24.3 Å². The molecular formula is C17H11BrF3N3O4. The fraction of sp³-hybridized carbons (Fsp3) is 0.176. The number of benzene rings is 2. The number of rotatable bonds is 3. The molecule has 2 aromatic rings. The average molecular weight is 458 g/mol. The number of non-ortho nitro benzene ring substituents is 1. The summed E-state index contributed by atoms with van der Waals surface area (Å²) in [6, 6.07) is 10.1. The van der Waals surface area contributed by atoms with E-state index in [-0.39, 0.29) is 22.0 Å². The first-order chi connectivity index (χ1) is 13.0. The molecule has 0 aromatic heterocycles. The number of aliphatic hydroxyl groups is 1. The monoisotopic (exact) mass is 457 g/mol. The zero-order chi connectivity index (χ0) is 20.7. The van der Waals surface area contributed by atoms with Crippen molar-refractivity contribution < 1.29 is 28.0 Å². The average Bonchev–Trinajstić information content (AvgIpc) is 3.00. The van der Waals surface area contributed by atoms with Crippen LogP contribution in [0.25, 0.3) is 0 Å². The summed E-state index contributed by atoms with van der Waals surface area (Å²) in [6.45, 7) is 0. The molecule has 1 aliphatic heterocycles. The van der Waals surface area contributed by atoms with Crippen molar-refractivity contribution in [3.63, 3.8) is 0 Å². The standard InChI is InChI=1S/C17H11BrF3N3O4/c18-12-5-1-10(2-6-12)14-9-16(26,17(19,20)21)23(22-14)15(25)11-3-7-13(8-4-11)24(27)28/h1-8,26H,9H2/t16-/m1/s1. The molecule has 0 saturated heterocycles. The zero-order valence-corrected chi connectivity index (χ0v) is 15.4. The second-order valence-corrected chi connectivity index (χ2v) is 6.88. The Balaban J connectivity index is 2.01. The Morgan fingerprint density at radius 3 is 2.25 bits per heavy atom. The molecule has 146 valence electrons. The number of halogens is 4. The van der Waals surface area contributed by atoms with Gasteiger partial charge in [0.25, 0.3) is 17.3 Å². The van der Waals surface area contributed by atoms with Gasteiger partial charge in [0, 0.05) is 22.2 Å². The molecule has 1 amide bonds. The summed E-state index contributed by atoms with van der Waals surface area (Å²) < 4.78 is 41.4. The van der Waals surface area contributed by atoms with E-state index in [1.54, 1.807) is 12.1 Å². The molecule has 0 fully saturated rings. The molecule has 28 heavy (non-hydrogen) atoms. The second kappa shape index (κ2) is 6.99. The largest absolute Gasteiger partial charge is 0.438 e. The zero-order valence-electron chi connectivity index (χ0n) is 13.9. The summed E-state index contributed by atoms with van der Waals surface area (Å²) in [4.78, 5) is 22.6. The lowest BCUT2D eigenvalue weighted by atomic mass is 10.0. The molecule has 7 nitrogen and oxygen atoms in total. The van der Waals surface area contributed by atoms with Gasteiger partial charge in [0.1, 0.15) is 0 Å². The maximum atomic E-state index is 13.6. The Morgan fingerprint density at radius 1 is 1.18 bits per heavy atom. The molecule has 0 unspecified atom stereocenters. The molecule has 11 heteroatoms. The van der Waals surface area contributed by atoms with Crippen molar-refractivity contribution in [1.82, 2.24) is 5.01 Å². The van der Waals surface area contributed by atoms with Crippen LogP contribution < -0.4 is 0 Å². The van der Waals surface area contributed by atoms with E-state index >= 15 is 0 Å². The van der Waals surface area contributed by atoms with Crippen molar-refractivity contribution in [3.05, 3.63) is 74.2 Å². The number of amides is 1. The van der Waals surface area contributed by atoms with Crippen LogP contribution in [-0.4, -0.2) is 38.6 Å². The lowest BCUT2D eigenvalue weighted by Gasteiger charge is -2.32. The Labute approximate surface area is 164 Å². The number of hydrazone groups is 1. The molecule has 2 aromatic carbocycles. The third-order valence-corrected chi connectivity index (χ3v) is 4.66. The van der Waals surface area contributed by atoms with Crippen molar-refractivity contribution in [2.45, 2.75) is 18.3 Å². The Bertz CT molecular complexity index is 961. The summed E-state index contributed by atoms with van der Waals surface area (Å²) in [7, 11) is 0. The number of nitrogens with zero attached hydrogens (tertiary/aromatic N) is 3. The molecule has 1 atom stereocenters. The third-order valence-electron chi connectivity index (χ3n) is 4.13. The van der Waals surface area contributed by atoms with E-state index in [1.165, 1.54) is 12.1 Å². The summed E-state index contributed by atoms with van der Waals surface area (Å²) >= 11 is 3.21. The van der Waals surface area contributed by atoms with Crippen LogP contribution in [-0.2, 0) is 0 Å². The van der Waals surface area contributed by atoms with Gasteiger partial charge in [-0.2, -0.15) is 23.3 Å². The topological polar surface area (TPSA) is 96.0 Å². The maximum Gasteiger partial charge on any atom is 0.438 e. The van der Waals surface area contributed by atoms with Gasteiger partial charge in [-0.3, -0.25) is 14.9 Å². The van der Waals surface area contributed by atoms with Crippen LogP contribution in [0.5, 0.6) is 0 Å². The molecule has 1 heterocycles. The Morgan fingerprint density at radius 2 is 1.75 bits per heavy atom. The molecule has 1 aliphatic rings. The van der Waals surface area contributed by atoms with Crippen molar-refractivity contribution in [2.75, 3.05) is 0 Å². The van der Waals surface area contributed by atoms with Crippen molar-refractivity contribution in [1.29, 1.82) is 0 Å². The van der Waals surface area contributed by atoms with E-state index < -0.39 is 29.2 Å². The number of hydrogen-bond donors (Lipinski definition) is 1. The van der Waals surface area contributed by atoms with Gasteiger partial charge in [0.2, 0.25) is 0 Å². The highest BCUT2D eigenvalue weighted by molar-refractivity contribution is 9.10. The van der Waals surface area contributed by atoms with Gasteiger partial charge in [-0.1, -0.05) is 28.1 Å². The van der Waals surface area contributed by atoms with Gasteiger partial charge < -0.3 is 5.11 Å². The van der Waals surface area contributed by atoms with E-state index in [9.17, 15) is 33.2 Å². The van der Waals surface area contributed by atoms with Gasteiger partial charge in [-0.25, -0.2) is 0 Å². The van der Waals surface area contributed by atoms with Crippen molar-refractivity contribution in [2.24, 2.45) is 5.10 Å². The number of nitro groups is 1. The first-order valence-electron chi connectivity index (χ1n) is 7.74. The lowest BCUT2D eigenvalue weighted by molar-refractivity contribution is -0.384. The predicted octanol–water partition coefficient (Wildman–Crippen LogP) is 3.86. The van der Waals surface area contributed by atoms with Gasteiger partial charge in [0.15, 0.2) is 0 Å². The molecule has 0 radical (unpaired) electrons. The van der Waals surface area contributed by atoms with Crippen molar-refractivity contribution in [3.8, 4) is 0 Å². The highest BCUT2D eigenvalue weighted by Gasteiger charge is 2.63. The van der Waals surface area contributed by atoms with Crippen LogP contribution in [0.2, 0.25) is 0 Å². The first kappa shape index (κ1) is 20.0. The Hall–Kier alpha value is -2.79. The number of hydrogen-bond acceptors (Lipinski definition) is 5. The van der Waals surface area contributed by atoms with Crippen LogP contribution in [0.1, 0.15) is 22.3 Å². The summed E-state index contributed by atoms with van der Waals surface area (Å²) in [5.74, 6) is -1.23. The van der Waals surface area contributed by atoms with E-state index in [2.05, 4.69) is 21.0 Å². The Kier molecular flexibility index (Phi) is 4.98. The highest BCUT2D eigenvalue weighted by Crippen LogP contribution is 2.42. The number of alkyl halides is 3. The summed E-state index contributed by atoms with van der Waals surface area (Å²) in [5, 5.41) is 24.7. The van der Waals surface area contributed by atoms with Gasteiger partial charge >= 0.3 is 6.18 Å². The molecule has 0 aliphatic carbocycles. The second-order valence-electron chi connectivity index (χ2n) is 5.97. The maximum absolute atomic E-state index is 13.6. The van der Waals surface area contributed by atoms with E-state index in [1.807, 2.05) is 0 Å². The minimum Gasteiger partial charge on any atom is -0.362 e. The SMILES string of the molecule is O=C(c1ccc([N+](=O)[O-])cc1)N1N=C(c2ccc(Br)cc2)C[C@@]1(O)C(F)(F)F. The van der Waals surface area contributed by atoms with Crippen molar-refractivity contribution >= 4 is 33.2 Å². The fourth-order valence-electron chi connectivity index (χ4n) is 2.63.